The molecule has 0 aliphatic rings. The summed E-state index contributed by atoms with van der Waals surface area (Å²) in [6, 6.07) is 14.9. The highest BCUT2D eigenvalue weighted by atomic mass is 35.5. The van der Waals surface area contributed by atoms with Crippen LogP contribution < -0.4 is 5.32 Å². The third kappa shape index (κ3) is 5.67. The van der Waals surface area contributed by atoms with Crippen LogP contribution in [0.5, 0.6) is 0 Å². The predicted molar refractivity (Wildman–Crippen MR) is 114 cm³/mol. The maximum atomic E-state index is 9.28. The van der Waals surface area contributed by atoms with Gasteiger partial charge in [-0.25, -0.2) is 0 Å². The van der Waals surface area contributed by atoms with Gasteiger partial charge in [-0.2, -0.15) is 10.2 Å². The van der Waals surface area contributed by atoms with Crippen molar-refractivity contribution >= 4 is 40.7 Å². The lowest BCUT2D eigenvalue weighted by Crippen LogP contribution is -2.00. The number of rotatable bonds is 6. The molecule has 1 aromatic heterocycles. The van der Waals surface area contributed by atoms with Crippen LogP contribution in [0, 0.1) is 23.2 Å². The number of ether oxygens (including phenoxy) is 1. The summed E-state index contributed by atoms with van der Waals surface area (Å²) < 4.78 is 11.1. The Morgan fingerprint density at radius 1 is 1.10 bits per heavy atom. The van der Waals surface area contributed by atoms with Gasteiger partial charge in [-0.15, -0.1) is 0 Å². The van der Waals surface area contributed by atoms with Crippen LogP contribution in [0.25, 0.3) is 11.5 Å². The summed E-state index contributed by atoms with van der Waals surface area (Å²) in [6.07, 6.45) is 0. The Kier molecular flexibility index (Phi) is 7.41. The molecule has 0 saturated carbocycles. The van der Waals surface area contributed by atoms with Crippen molar-refractivity contribution in [2.24, 2.45) is 0 Å². The second kappa shape index (κ2) is 10.2. The van der Waals surface area contributed by atoms with E-state index in [2.05, 4.69) is 22.1 Å². The largest absolute Gasteiger partial charge is 0.419 e. The molecule has 0 aliphatic carbocycles. The Balaban J connectivity index is 1.59. The zero-order valence-corrected chi connectivity index (χ0v) is 17.3. The first-order chi connectivity index (χ1) is 14.1. The molecule has 0 amide bonds. The number of halogens is 3. The number of nitrogens with zero attached hydrogens (tertiary/aromatic N) is 2. The van der Waals surface area contributed by atoms with Crippen LogP contribution in [0.3, 0.4) is 0 Å². The van der Waals surface area contributed by atoms with Gasteiger partial charge >= 0.3 is 0 Å². The van der Waals surface area contributed by atoms with Crippen molar-refractivity contribution in [1.29, 1.82) is 5.26 Å². The van der Waals surface area contributed by atoms with E-state index < -0.39 is 0 Å². The molecular weight excluding hydrogens is 433 g/mol. The highest BCUT2D eigenvalue weighted by molar-refractivity contribution is 6.44. The summed E-state index contributed by atoms with van der Waals surface area (Å²) >= 11 is 18.2. The molecule has 1 N–H and O–H groups in total. The molecule has 0 fully saturated rings. The second-order valence-electron chi connectivity index (χ2n) is 5.74. The third-order valence-electron chi connectivity index (χ3n) is 3.70. The molecule has 8 heteroatoms. The molecule has 0 aliphatic heterocycles. The number of anilines is 1. The van der Waals surface area contributed by atoms with Crippen molar-refractivity contribution < 1.29 is 9.15 Å². The first-order valence-corrected chi connectivity index (χ1v) is 9.59. The normalized spacial score (nSPS) is 10.1. The quantitative estimate of drug-likeness (QED) is 0.294. The van der Waals surface area contributed by atoms with E-state index in [4.69, 9.17) is 44.0 Å². The topological polar surface area (TPSA) is 71.1 Å². The van der Waals surface area contributed by atoms with Gasteiger partial charge in [-0.05, 0) is 17.7 Å². The smallest absolute Gasteiger partial charge is 0.233 e. The van der Waals surface area contributed by atoms with Crippen molar-refractivity contribution in [3.63, 3.8) is 0 Å². The molecule has 2 aromatic carbocycles. The first-order valence-electron chi connectivity index (χ1n) is 8.45. The number of aromatic nitrogens is 1. The average Bonchev–Trinajstić information content (AvgIpc) is 3.13. The zero-order valence-electron chi connectivity index (χ0n) is 15.0. The van der Waals surface area contributed by atoms with E-state index in [1.54, 1.807) is 6.07 Å². The number of hydrogen-bond acceptors (Lipinski definition) is 5. The molecule has 3 rings (SSSR count). The van der Waals surface area contributed by atoms with E-state index in [-0.39, 0.29) is 34.1 Å². The standard InChI is InChI=1S/C21H14Cl3N3O2/c22-15-10-16(19(24)17(23)11-15)20-27-18(12-25)21(29-20)26-8-4-5-9-28-13-14-6-2-1-3-7-14/h1-3,6-7,10-11,26H,8-9,13H2. The molecular formula is C21H14Cl3N3O2. The summed E-state index contributed by atoms with van der Waals surface area (Å²) in [4.78, 5) is 4.14. The van der Waals surface area contributed by atoms with Gasteiger partial charge in [-0.1, -0.05) is 77.0 Å². The lowest BCUT2D eigenvalue weighted by atomic mass is 10.2. The molecule has 0 spiro atoms. The molecule has 0 atom stereocenters. The first kappa shape index (κ1) is 21.0. The lowest BCUT2D eigenvalue weighted by molar-refractivity contribution is 0.153. The summed E-state index contributed by atoms with van der Waals surface area (Å²) in [5.74, 6) is 6.11. The molecule has 1 heterocycles. The van der Waals surface area contributed by atoms with Crippen LogP contribution >= 0.6 is 34.8 Å². The minimum atomic E-state index is 0.0780. The highest BCUT2D eigenvalue weighted by Crippen LogP contribution is 2.37. The van der Waals surface area contributed by atoms with Gasteiger partial charge in [0.1, 0.15) is 12.7 Å². The molecule has 3 aromatic rings. The number of nitriles is 1. The monoisotopic (exact) mass is 445 g/mol. The van der Waals surface area contributed by atoms with Gasteiger partial charge in [0, 0.05) is 5.02 Å². The summed E-state index contributed by atoms with van der Waals surface area (Å²) in [5.41, 5.74) is 1.56. The molecule has 0 bridgehead atoms. The Hall–Kier alpha value is -2.67. The molecule has 146 valence electrons. The van der Waals surface area contributed by atoms with Gasteiger partial charge in [0.15, 0.2) is 0 Å². The number of hydrogen-bond donors (Lipinski definition) is 1. The number of benzene rings is 2. The van der Waals surface area contributed by atoms with Crippen LogP contribution in [0.4, 0.5) is 5.88 Å². The highest BCUT2D eigenvalue weighted by Gasteiger charge is 2.18. The maximum Gasteiger partial charge on any atom is 0.233 e. The van der Waals surface area contributed by atoms with Gasteiger partial charge in [0.05, 0.1) is 28.8 Å². The van der Waals surface area contributed by atoms with Crippen molar-refractivity contribution in [3.8, 4) is 29.4 Å². The molecule has 0 saturated heterocycles. The molecule has 0 unspecified atom stereocenters. The van der Waals surface area contributed by atoms with Crippen LogP contribution in [0.2, 0.25) is 15.1 Å². The average molecular weight is 447 g/mol. The Morgan fingerprint density at radius 3 is 2.66 bits per heavy atom. The van der Waals surface area contributed by atoms with E-state index in [0.717, 1.165) is 5.56 Å². The predicted octanol–water partition coefficient (Wildman–Crippen LogP) is 5.81. The Labute approximate surface area is 183 Å². The maximum absolute atomic E-state index is 9.28. The van der Waals surface area contributed by atoms with Crippen molar-refractivity contribution in [2.75, 3.05) is 18.5 Å². The van der Waals surface area contributed by atoms with Gasteiger partial charge in [-0.3, -0.25) is 0 Å². The third-order valence-corrected chi connectivity index (χ3v) is 4.72. The van der Waals surface area contributed by atoms with Gasteiger partial charge < -0.3 is 14.5 Å². The van der Waals surface area contributed by atoms with Gasteiger partial charge in [0.25, 0.3) is 0 Å². The fraction of sp³-hybridized carbons (Fsp3) is 0.143. The van der Waals surface area contributed by atoms with E-state index in [1.807, 2.05) is 36.4 Å². The van der Waals surface area contributed by atoms with E-state index >= 15 is 0 Å². The minimum Gasteiger partial charge on any atom is -0.419 e. The van der Waals surface area contributed by atoms with E-state index in [0.29, 0.717) is 23.8 Å². The number of oxazole rings is 1. The van der Waals surface area contributed by atoms with Crippen molar-refractivity contribution in [2.45, 2.75) is 6.61 Å². The Morgan fingerprint density at radius 2 is 1.90 bits per heavy atom. The Bertz CT molecular complexity index is 1100. The van der Waals surface area contributed by atoms with E-state index in [9.17, 15) is 5.26 Å². The van der Waals surface area contributed by atoms with Crippen LogP contribution in [0.1, 0.15) is 11.3 Å². The van der Waals surface area contributed by atoms with Gasteiger partial charge in [0.2, 0.25) is 17.5 Å². The van der Waals surface area contributed by atoms with Crippen LogP contribution in [-0.2, 0) is 11.3 Å². The number of nitrogens with one attached hydrogen (secondary N) is 1. The fourth-order valence-electron chi connectivity index (χ4n) is 2.37. The van der Waals surface area contributed by atoms with Crippen LogP contribution in [0.15, 0.2) is 46.9 Å². The lowest BCUT2D eigenvalue weighted by Gasteiger charge is -2.03. The molecule has 5 nitrogen and oxygen atoms in total. The van der Waals surface area contributed by atoms with Crippen molar-refractivity contribution in [3.05, 3.63) is 68.8 Å². The van der Waals surface area contributed by atoms with Crippen LogP contribution in [-0.4, -0.2) is 18.1 Å². The molecule has 29 heavy (non-hydrogen) atoms. The second-order valence-corrected chi connectivity index (χ2v) is 6.96. The summed E-state index contributed by atoms with van der Waals surface area (Å²) in [5, 5.41) is 13.1. The fourth-order valence-corrected chi connectivity index (χ4v) is 3.06. The minimum absolute atomic E-state index is 0.0780. The molecule has 0 radical (unpaired) electrons. The SMILES string of the molecule is N#Cc1nc(-c2cc(Cl)cc(Cl)c2Cl)oc1NCC#CCOCc1ccccc1. The van der Waals surface area contributed by atoms with E-state index in [1.165, 1.54) is 6.07 Å². The van der Waals surface area contributed by atoms with Crippen molar-refractivity contribution in [1.82, 2.24) is 4.98 Å². The summed E-state index contributed by atoms with van der Waals surface area (Å²) in [7, 11) is 0. The summed E-state index contributed by atoms with van der Waals surface area (Å²) in [6.45, 7) is 1.04. The zero-order chi connectivity index (χ0) is 20.6.